The number of rotatable bonds is 6. The van der Waals surface area contributed by atoms with Gasteiger partial charge in [0.25, 0.3) is 5.91 Å². The maximum Gasteiger partial charge on any atom is 0.252 e. The highest BCUT2D eigenvalue weighted by Crippen LogP contribution is 2.15. The van der Waals surface area contributed by atoms with Gasteiger partial charge in [0.05, 0.1) is 10.4 Å². The van der Waals surface area contributed by atoms with Crippen LogP contribution in [0.25, 0.3) is 11.4 Å². The minimum atomic E-state index is -0.201. The van der Waals surface area contributed by atoms with Gasteiger partial charge in [-0.05, 0) is 25.1 Å². The van der Waals surface area contributed by atoms with Crippen LogP contribution in [-0.4, -0.2) is 38.4 Å². The van der Waals surface area contributed by atoms with Crippen LogP contribution in [0.2, 0.25) is 0 Å². The number of hydrogen-bond donors (Lipinski definition) is 2. The number of H-pyrrole nitrogens is 1. The number of Topliss-reactive ketones (excluding diaryl/α,β-unsaturated/α-hetero) is 1. The largest absolute Gasteiger partial charge is 0.352 e. The van der Waals surface area contributed by atoms with Crippen molar-refractivity contribution in [3.05, 3.63) is 52.2 Å². The summed E-state index contributed by atoms with van der Waals surface area (Å²) in [4.78, 5) is 32.2. The number of nitrogens with zero attached hydrogens (tertiary/aromatic N) is 3. The van der Waals surface area contributed by atoms with Gasteiger partial charge in [0.2, 0.25) is 0 Å². The van der Waals surface area contributed by atoms with Gasteiger partial charge in [-0.1, -0.05) is 0 Å². The molecule has 7 nitrogen and oxygen atoms in total. The van der Waals surface area contributed by atoms with Gasteiger partial charge in [-0.3, -0.25) is 19.7 Å². The highest BCUT2D eigenvalue weighted by molar-refractivity contribution is 7.12. The normalized spacial score (nSPS) is 10.5. The summed E-state index contributed by atoms with van der Waals surface area (Å²) >= 11 is 1.27. The van der Waals surface area contributed by atoms with Gasteiger partial charge in [-0.15, -0.1) is 11.3 Å². The van der Waals surface area contributed by atoms with Gasteiger partial charge in [0, 0.05) is 36.3 Å². The third kappa shape index (κ3) is 3.72. The van der Waals surface area contributed by atoms with E-state index in [9.17, 15) is 9.59 Å². The zero-order valence-electron chi connectivity index (χ0n) is 12.9. The van der Waals surface area contributed by atoms with Crippen LogP contribution in [-0.2, 0) is 6.42 Å². The van der Waals surface area contributed by atoms with E-state index in [0.29, 0.717) is 35.1 Å². The molecule has 0 radical (unpaired) electrons. The minimum absolute atomic E-state index is 0.0376. The van der Waals surface area contributed by atoms with Gasteiger partial charge in [0.15, 0.2) is 11.6 Å². The fourth-order valence-corrected chi connectivity index (χ4v) is 2.86. The van der Waals surface area contributed by atoms with E-state index in [1.54, 1.807) is 23.8 Å². The predicted molar refractivity (Wildman–Crippen MR) is 90.0 cm³/mol. The Morgan fingerprint density at radius 3 is 2.79 bits per heavy atom. The molecular weight excluding hydrogens is 326 g/mol. The smallest absolute Gasteiger partial charge is 0.252 e. The Morgan fingerprint density at radius 2 is 2.08 bits per heavy atom. The highest BCUT2D eigenvalue weighted by Gasteiger charge is 2.11. The van der Waals surface area contributed by atoms with Crippen molar-refractivity contribution in [1.82, 2.24) is 25.5 Å². The molecule has 0 atom stereocenters. The molecule has 24 heavy (non-hydrogen) atoms. The van der Waals surface area contributed by atoms with E-state index in [1.165, 1.54) is 18.3 Å². The zero-order valence-corrected chi connectivity index (χ0v) is 13.8. The van der Waals surface area contributed by atoms with Crippen LogP contribution < -0.4 is 5.32 Å². The Kier molecular flexibility index (Phi) is 4.76. The molecule has 3 rings (SSSR count). The fourth-order valence-electron chi connectivity index (χ4n) is 2.07. The number of nitrogens with one attached hydrogen (secondary N) is 2. The molecule has 0 fully saturated rings. The summed E-state index contributed by atoms with van der Waals surface area (Å²) in [5.41, 5.74) is 1.38. The monoisotopic (exact) mass is 341 g/mol. The Morgan fingerprint density at radius 1 is 1.29 bits per heavy atom. The zero-order chi connectivity index (χ0) is 16.9. The van der Waals surface area contributed by atoms with Gasteiger partial charge >= 0.3 is 0 Å². The summed E-state index contributed by atoms with van der Waals surface area (Å²) in [6.07, 6.45) is 3.90. The summed E-state index contributed by atoms with van der Waals surface area (Å²) in [7, 11) is 0. The SMILES string of the molecule is CC(=O)c1cc(C(=O)NCCc2nc(-c3ccncc3)n[nH]2)cs1. The van der Waals surface area contributed by atoms with Crippen molar-refractivity contribution < 1.29 is 9.59 Å². The van der Waals surface area contributed by atoms with Gasteiger partial charge in [-0.2, -0.15) is 5.10 Å². The van der Waals surface area contributed by atoms with Crippen LogP contribution in [0.15, 0.2) is 36.0 Å². The molecule has 0 unspecified atom stereocenters. The van der Waals surface area contributed by atoms with Crippen LogP contribution >= 0.6 is 11.3 Å². The van der Waals surface area contributed by atoms with Gasteiger partial charge in [-0.25, -0.2) is 4.98 Å². The fraction of sp³-hybridized carbons (Fsp3) is 0.188. The topological polar surface area (TPSA) is 101 Å². The number of hydrogen-bond acceptors (Lipinski definition) is 6. The van der Waals surface area contributed by atoms with E-state index in [-0.39, 0.29) is 11.7 Å². The summed E-state index contributed by atoms with van der Waals surface area (Å²) in [6, 6.07) is 5.27. The third-order valence-electron chi connectivity index (χ3n) is 3.33. The molecule has 3 aromatic rings. The number of pyridine rings is 1. The second kappa shape index (κ2) is 7.14. The lowest BCUT2D eigenvalue weighted by Gasteiger charge is -2.01. The lowest BCUT2D eigenvalue weighted by atomic mass is 10.2. The minimum Gasteiger partial charge on any atom is -0.352 e. The first-order valence-corrected chi connectivity index (χ1v) is 8.21. The van der Waals surface area contributed by atoms with Crippen molar-refractivity contribution in [1.29, 1.82) is 0 Å². The average molecular weight is 341 g/mol. The number of ketones is 1. The number of aromatic amines is 1. The third-order valence-corrected chi connectivity index (χ3v) is 4.36. The van der Waals surface area contributed by atoms with E-state index in [4.69, 9.17) is 0 Å². The molecule has 2 N–H and O–H groups in total. The quantitative estimate of drug-likeness (QED) is 0.669. The standard InChI is InChI=1S/C16H15N5O2S/c1-10(22)13-8-12(9-24-13)16(23)18-7-4-14-19-15(21-20-14)11-2-5-17-6-3-11/h2-3,5-6,8-9H,4,7H2,1H3,(H,18,23)(H,19,20,21). The Labute approximate surface area is 142 Å². The van der Waals surface area contributed by atoms with Crippen molar-refractivity contribution >= 4 is 23.0 Å². The van der Waals surface area contributed by atoms with Crippen LogP contribution in [0.5, 0.6) is 0 Å². The van der Waals surface area contributed by atoms with E-state index in [2.05, 4.69) is 25.5 Å². The molecule has 0 spiro atoms. The summed E-state index contributed by atoms with van der Waals surface area (Å²) < 4.78 is 0. The van der Waals surface area contributed by atoms with Crippen LogP contribution in [0, 0.1) is 0 Å². The highest BCUT2D eigenvalue weighted by atomic mass is 32.1. The van der Waals surface area contributed by atoms with Crippen molar-refractivity contribution in [2.75, 3.05) is 6.54 Å². The maximum atomic E-state index is 12.0. The first-order valence-electron chi connectivity index (χ1n) is 7.33. The molecule has 1 amide bonds. The number of thiophene rings is 1. The number of aromatic nitrogens is 4. The van der Waals surface area contributed by atoms with Crippen molar-refractivity contribution in [3.8, 4) is 11.4 Å². The molecule has 0 aliphatic carbocycles. The van der Waals surface area contributed by atoms with Crippen LogP contribution in [0.3, 0.4) is 0 Å². The predicted octanol–water partition coefficient (Wildman–Crippen LogP) is 2.10. The van der Waals surface area contributed by atoms with Gasteiger partial charge < -0.3 is 5.32 Å². The molecule has 122 valence electrons. The lowest BCUT2D eigenvalue weighted by Crippen LogP contribution is -2.25. The molecule has 0 saturated heterocycles. The van der Waals surface area contributed by atoms with Gasteiger partial charge in [0.1, 0.15) is 5.82 Å². The average Bonchev–Trinajstić information content (AvgIpc) is 3.25. The Balaban J connectivity index is 1.54. The maximum absolute atomic E-state index is 12.0. The van der Waals surface area contributed by atoms with E-state index < -0.39 is 0 Å². The Bertz CT molecular complexity index is 856. The number of carbonyl (C=O) groups excluding carboxylic acids is 2. The summed E-state index contributed by atoms with van der Waals surface area (Å²) in [5.74, 6) is 1.05. The second-order valence-electron chi connectivity index (χ2n) is 5.10. The van der Waals surface area contributed by atoms with E-state index in [1.807, 2.05) is 12.1 Å². The number of amides is 1. The Hall–Kier alpha value is -2.87. The second-order valence-corrected chi connectivity index (χ2v) is 6.01. The molecular formula is C16H15N5O2S. The van der Waals surface area contributed by atoms with Crippen molar-refractivity contribution in [3.63, 3.8) is 0 Å². The molecule has 3 aromatic heterocycles. The van der Waals surface area contributed by atoms with E-state index >= 15 is 0 Å². The molecule has 0 saturated carbocycles. The summed E-state index contributed by atoms with van der Waals surface area (Å²) in [5, 5.41) is 11.5. The lowest BCUT2D eigenvalue weighted by molar-refractivity contribution is 0.0954. The van der Waals surface area contributed by atoms with Crippen LogP contribution in [0.4, 0.5) is 0 Å². The van der Waals surface area contributed by atoms with Crippen molar-refractivity contribution in [2.24, 2.45) is 0 Å². The molecule has 3 heterocycles. The molecule has 0 aliphatic heterocycles. The summed E-state index contributed by atoms with van der Waals surface area (Å²) in [6.45, 7) is 1.91. The molecule has 0 aliphatic rings. The van der Waals surface area contributed by atoms with Crippen molar-refractivity contribution in [2.45, 2.75) is 13.3 Å². The van der Waals surface area contributed by atoms with E-state index in [0.717, 1.165) is 5.56 Å². The molecule has 0 aromatic carbocycles. The molecule has 0 bridgehead atoms. The molecule has 8 heteroatoms. The first kappa shape index (κ1) is 16.0. The first-order chi connectivity index (χ1) is 11.6. The van der Waals surface area contributed by atoms with Crippen LogP contribution in [0.1, 0.15) is 32.8 Å². The number of carbonyl (C=O) groups is 2.